The second-order valence-corrected chi connectivity index (χ2v) is 7.35. The molecular formula is C15H22BrN3O5. The Hall–Kier alpha value is -1.61. The number of amides is 1. The molecule has 0 aliphatic carbocycles. The molecule has 0 unspecified atom stereocenters. The lowest BCUT2D eigenvalue weighted by Gasteiger charge is -2.31. The van der Waals surface area contributed by atoms with Crippen molar-refractivity contribution < 1.29 is 23.8 Å². The zero-order valence-corrected chi connectivity index (χ0v) is 15.5. The van der Waals surface area contributed by atoms with Crippen LogP contribution in [0.15, 0.2) is 15.5 Å². The van der Waals surface area contributed by atoms with E-state index in [4.69, 9.17) is 9.15 Å². The minimum absolute atomic E-state index is 0.267. The number of carbonyl (C=O) groups excluding carboxylic acids is 1. The number of carboxylic acids is 1. The average molecular weight is 404 g/mol. The van der Waals surface area contributed by atoms with Crippen LogP contribution in [-0.4, -0.2) is 51.8 Å². The quantitative estimate of drug-likeness (QED) is 0.777. The Bertz CT molecular complexity index is 592. The van der Waals surface area contributed by atoms with Gasteiger partial charge in [0.1, 0.15) is 17.6 Å². The SMILES string of the molecule is CC(C)(C)OC(=O)N[C@H](C(=O)O)[C@@H](c1coc(Br)n1)N1CCCC1. The second-order valence-electron chi connectivity index (χ2n) is 6.68. The van der Waals surface area contributed by atoms with E-state index in [9.17, 15) is 14.7 Å². The maximum Gasteiger partial charge on any atom is 0.408 e. The van der Waals surface area contributed by atoms with Gasteiger partial charge in [0.15, 0.2) is 6.04 Å². The van der Waals surface area contributed by atoms with E-state index in [1.807, 2.05) is 4.90 Å². The number of hydrogen-bond acceptors (Lipinski definition) is 6. The van der Waals surface area contributed by atoms with E-state index in [1.165, 1.54) is 6.26 Å². The molecule has 8 nitrogen and oxygen atoms in total. The van der Waals surface area contributed by atoms with Crippen molar-refractivity contribution in [3.63, 3.8) is 0 Å². The Kier molecular flexibility index (Phi) is 5.87. The maximum atomic E-state index is 12.1. The highest BCUT2D eigenvalue weighted by atomic mass is 79.9. The first-order chi connectivity index (χ1) is 11.2. The lowest BCUT2D eigenvalue weighted by molar-refractivity contribution is -0.141. The highest BCUT2D eigenvalue weighted by Crippen LogP contribution is 2.29. The van der Waals surface area contributed by atoms with Gasteiger partial charge in [0.25, 0.3) is 4.80 Å². The number of oxazole rings is 1. The van der Waals surface area contributed by atoms with E-state index in [1.54, 1.807) is 20.8 Å². The number of alkyl carbamates (subject to hydrolysis) is 1. The number of rotatable bonds is 5. The van der Waals surface area contributed by atoms with Crippen molar-refractivity contribution in [2.45, 2.75) is 51.3 Å². The molecule has 0 bridgehead atoms. The van der Waals surface area contributed by atoms with Gasteiger partial charge in [-0.2, -0.15) is 0 Å². The monoisotopic (exact) mass is 403 g/mol. The Balaban J connectivity index is 2.25. The lowest BCUT2D eigenvalue weighted by atomic mass is 10.0. The van der Waals surface area contributed by atoms with Crippen LogP contribution < -0.4 is 5.32 Å². The summed E-state index contributed by atoms with van der Waals surface area (Å²) in [4.78, 5) is 30.3. The largest absolute Gasteiger partial charge is 0.480 e. The molecule has 0 aromatic carbocycles. The number of likely N-dealkylation sites (tertiary alicyclic amines) is 1. The first-order valence-electron chi connectivity index (χ1n) is 7.74. The molecular weight excluding hydrogens is 382 g/mol. The molecule has 1 fully saturated rings. The third-order valence-electron chi connectivity index (χ3n) is 3.59. The first-order valence-corrected chi connectivity index (χ1v) is 8.54. The van der Waals surface area contributed by atoms with Crippen molar-refractivity contribution in [1.29, 1.82) is 0 Å². The molecule has 1 aromatic rings. The first kappa shape index (κ1) is 18.7. The summed E-state index contributed by atoms with van der Waals surface area (Å²) in [5, 5.41) is 12.1. The fraction of sp³-hybridized carbons (Fsp3) is 0.667. The minimum atomic E-state index is -1.20. The third-order valence-corrected chi connectivity index (χ3v) is 3.95. The molecule has 2 atom stereocenters. The molecule has 2 rings (SSSR count). The van der Waals surface area contributed by atoms with Gasteiger partial charge in [-0.1, -0.05) is 0 Å². The van der Waals surface area contributed by atoms with Gasteiger partial charge in [0, 0.05) is 15.9 Å². The van der Waals surface area contributed by atoms with Crippen LogP contribution in [0.5, 0.6) is 0 Å². The van der Waals surface area contributed by atoms with E-state index < -0.39 is 29.7 Å². The molecule has 0 spiro atoms. The molecule has 9 heteroatoms. The molecule has 1 amide bonds. The standard InChI is InChI=1S/C15H22BrN3O5/c1-15(2,3)24-14(22)18-10(12(20)21)11(19-6-4-5-7-19)9-8-23-13(16)17-9/h8,10-11H,4-7H2,1-3H3,(H,18,22)(H,20,21)/t10-,11+/m0/s1. The highest BCUT2D eigenvalue weighted by Gasteiger charge is 2.39. The summed E-state index contributed by atoms with van der Waals surface area (Å²) in [5.74, 6) is -1.16. The fourth-order valence-corrected chi connectivity index (χ4v) is 3.00. The zero-order valence-electron chi connectivity index (χ0n) is 13.9. The van der Waals surface area contributed by atoms with Crippen LogP contribution in [0.3, 0.4) is 0 Å². The number of halogens is 1. The van der Waals surface area contributed by atoms with Gasteiger partial charge < -0.3 is 19.6 Å². The number of aromatic nitrogens is 1. The van der Waals surface area contributed by atoms with E-state index in [0.29, 0.717) is 5.69 Å². The van der Waals surface area contributed by atoms with Gasteiger partial charge in [-0.25, -0.2) is 14.6 Å². The van der Waals surface area contributed by atoms with Gasteiger partial charge in [0.2, 0.25) is 0 Å². The van der Waals surface area contributed by atoms with Crippen molar-refractivity contribution in [3.8, 4) is 0 Å². The van der Waals surface area contributed by atoms with E-state index >= 15 is 0 Å². The van der Waals surface area contributed by atoms with Crippen LogP contribution in [0, 0.1) is 0 Å². The minimum Gasteiger partial charge on any atom is -0.480 e. The summed E-state index contributed by atoms with van der Waals surface area (Å²) in [6, 6.07) is -1.83. The predicted molar refractivity (Wildman–Crippen MR) is 88.5 cm³/mol. The smallest absolute Gasteiger partial charge is 0.408 e. The van der Waals surface area contributed by atoms with E-state index in [-0.39, 0.29) is 4.80 Å². The number of ether oxygens (including phenoxy) is 1. The molecule has 1 aliphatic rings. The Morgan fingerprint density at radius 2 is 2.04 bits per heavy atom. The topological polar surface area (TPSA) is 105 Å². The highest BCUT2D eigenvalue weighted by molar-refractivity contribution is 9.10. The molecule has 1 aromatic heterocycles. The molecule has 24 heavy (non-hydrogen) atoms. The number of hydrogen-bond donors (Lipinski definition) is 2. The summed E-state index contributed by atoms with van der Waals surface area (Å²) in [6.45, 7) is 6.61. The molecule has 2 N–H and O–H groups in total. The second kappa shape index (κ2) is 7.52. The Morgan fingerprint density at radius 3 is 2.50 bits per heavy atom. The lowest BCUT2D eigenvalue weighted by Crippen LogP contribution is -2.51. The van der Waals surface area contributed by atoms with Crippen LogP contribution in [0.4, 0.5) is 4.79 Å². The van der Waals surface area contributed by atoms with Crippen molar-refractivity contribution in [1.82, 2.24) is 15.2 Å². The number of carboxylic acid groups (broad SMARTS) is 1. The maximum absolute atomic E-state index is 12.1. The van der Waals surface area contributed by atoms with Crippen LogP contribution in [0.25, 0.3) is 0 Å². The average Bonchev–Trinajstić information content (AvgIpc) is 3.08. The normalized spacial score (nSPS) is 18.2. The van der Waals surface area contributed by atoms with Crippen molar-refractivity contribution >= 4 is 28.0 Å². The van der Waals surface area contributed by atoms with Crippen molar-refractivity contribution in [2.75, 3.05) is 13.1 Å². The number of aliphatic carboxylic acids is 1. The third kappa shape index (κ3) is 4.94. The fourth-order valence-electron chi connectivity index (χ4n) is 2.70. The van der Waals surface area contributed by atoms with Crippen LogP contribution in [0.2, 0.25) is 0 Å². The number of carbonyl (C=O) groups is 2. The summed E-state index contributed by atoms with van der Waals surface area (Å²) >= 11 is 3.13. The molecule has 134 valence electrons. The summed E-state index contributed by atoms with van der Waals surface area (Å²) in [5.41, 5.74) is -0.264. The van der Waals surface area contributed by atoms with Crippen LogP contribution in [0.1, 0.15) is 45.3 Å². The Morgan fingerprint density at radius 1 is 1.42 bits per heavy atom. The van der Waals surface area contributed by atoms with Gasteiger partial charge in [-0.05, 0) is 46.7 Å². The molecule has 0 radical (unpaired) electrons. The van der Waals surface area contributed by atoms with Gasteiger partial charge in [-0.3, -0.25) is 4.90 Å². The zero-order chi connectivity index (χ0) is 17.9. The summed E-state index contributed by atoms with van der Waals surface area (Å²) < 4.78 is 10.3. The summed E-state index contributed by atoms with van der Waals surface area (Å²) in [7, 11) is 0. The number of nitrogens with one attached hydrogen (secondary N) is 1. The van der Waals surface area contributed by atoms with Crippen molar-refractivity contribution in [2.24, 2.45) is 0 Å². The van der Waals surface area contributed by atoms with E-state index in [0.717, 1.165) is 25.9 Å². The Labute approximate surface area is 148 Å². The molecule has 1 aliphatic heterocycles. The van der Waals surface area contributed by atoms with Crippen LogP contribution in [-0.2, 0) is 9.53 Å². The van der Waals surface area contributed by atoms with E-state index in [2.05, 4.69) is 26.2 Å². The van der Waals surface area contributed by atoms with Gasteiger partial charge >= 0.3 is 12.1 Å². The van der Waals surface area contributed by atoms with Crippen LogP contribution >= 0.6 is 15.9 Å². The molecule has 2 heterocycles. The number of nitrogens with zero attached hydrogens (tertiary/aromatic N) is 2. The van der Waals surface area contributed by atoms with Gasteiger partial charge in [0.05, 0.1) is 6.04 Å². The molecule has 0 saturated carbocycles. The molecule has 1 saturated heterocycles. The summed E-state index contributed by atoms with van der Waals surface area (Å²) in [6.07, 6.45) is 2.56. The van der Waals surface area contributed by atoms with Gasteiger partial charge in [-0.15, -0.1) is 0 Å². The predicted octanol–water partition coefficient (Wildman–Crippen LogP) is 2.55. The van der Waals surface area contributed by atoms with Crippen molar-refractivity contribution in [3.05, 3.63) is 16.8 Å².